The highest BCUT2D eigenvalue weighted by Gasteiger charge is 2.18. The van der Waals surface area contributed by atoms with Crippen molar-refractivity contribution >= 4 is 22.6 Å². The number of ether oxygens (including phenoxy) is 1. The van der Waals surface area contributed by atoms with Crippen LogP contribution in [0.2, 0.25) is 0 Å². The van der Waals surface area contributed by atoms with Crippen molar-refractivity contribution in [1.29, 1.82) is 0 Å². The summed E-state index contributed by atoms with van der Waals surface area (Å²) in [7, 11) is 1.88. The van der Waals surface area contributed by atoms with Gasteiger partial charge in [0.25, 0.3) is 17.4 Å². The zero-order valence-corrected chi connectivity index (χ0v) is 19.0. The number of benzene rings is 2. The molecule has 2 aromatic heterocycles. The molecule has 0 aliphatic carbocycles. The van der Waals surface area contributed by atoms with Gasteiger partial charge in [0.15, 0.2) is 5.69 Å². The largest absolute Gasteiger partial charge is 0.486 e. The first-order valence-electron chi connectivity index (χ1n) is 10.7. The van der Waals surface area contributed by atoms with E-state index in [1.807, 2.05) is 17.8 Å². The molecule has 4 rings (SSSR count). The number of hydrogen-bond donors (Lipinski definition) is 2. The van der Waals surface area contributed by atoms with Gasteiger partial charge in [-0.25, -0.2) is 9.67 Å². The van der Waals surface area contributed by atoms with Crippen LogP contribution in [-0.4, -0.2) is 31.1 Å². The van der Waals surface area contributed by atoms with Gasteiger partial charge in [0.1, 0.15) is 18.2 Å². The van der Waals surface area contributed by atoms with Gasteiger partial charge in [0.2, 0.25) is 0 Å². The molecule has 34 heavy (non-hydrogen) atoms. The zero-order valence-electron chi connectivity index (χ0n) is 19.0. The Morgan fingerprint density at radius 1 is 1.00 bits per heavy atom. The predicted molar refractivity (Wildman–Crippen MR) is 125 cm³/mol. The van der Waals surface area contributed by atoms with E-state index >= 15 is 0 Å². The molecular weight excluding hydrogens is 436 g/mol. The lowest BCUT2D eigenvalue weighted by Gasteiger charge is -2.14. The molecule has 174 valence electrons. The molecule has 0 unspecified atom stereocenters. The summed E-state index contributed by atoms with van der Waals surface area (Å²) in [5.74, 6) is 0.212. The van der Waals surface area contributed by atoms with Gasteiger partial charge in [-0.3, -0.25) is 25.2 Å². The second kappa shape index (κ2) is 9.57. The van der Waals surface area contributed by atoms with Crippen molar-refractivity contribution < 1.29 is 14.3 Å². The Labute approximate surface area is 195 Å². The normalized spacial score (nSPS) is 10.9. The van der Waals surface area contributed by atoms with Gasteiger partial charge in [0.05, 0.1) is 11.4 Å². The summed E-state index contributed by atoms with van der Waals surface area (Å²) >= 11 is 0. The van der Waals surface area contributed by atoms with E-state index in [2.05, 4.69) is 20.9 Å². The van der Waals surface area contributed by atoms with Crippen LogP contribution in [0.15, 0.2) is 65.7 Å². The van der Waals surface area contributed by atoms with Gasteiger partial charge < -0.3 is 9.30 Å². The first-order chi connectivity index (χ1) is 16.3. The van der Waals surface area contributed by atoms with Crippen LogP contribution in [0.4, 0.5) is 0 Å². The predicted octanol–water partition coefficient (Wildman–Crippen LogP) is 2.36. The molecule has 2 aromatic carbocycles. The molecule has 0 spiro atoms. The Morgan fingerprint density at radius 3 is 2.32 bits per heavy atom. The molecule has 0 atom stereocenters. The van der Waals surface area contributed by atoms with E-state index in [4.69, 9.17) is 4.74 Å². The summed E-state index contributed by atoms with van der Waals surface area (Å²) in [5, 5.41) is 5.01. The third kappa shape index (κ3) is 4.65. The number of amides is 2. The third-order valence-electron chi connectivity index (χ3n) is 5.23. The summed E-state index contributed by atoms with van der Waals surface area (Å²) in [6.45, 7) is 3.90. The van der Waals surface area contributed by atoms with Crippen LogP contribution in [0.3, 0.4) is 0 Å². The minimum Gasteiger partial charge on any atom is -0.486 e. The molecular formula is C24H24N6O4. The summed E-state index contributed by atoms with van der Waals surface area (Å²) < 4.78 is 8.79. The average Bonchev–Trinajstić information content (AvgIpc) is 3.26. The quantitative estimate of drug-likeness (QED) is 0.426. The molecule has 0 saturated heterocycles. The van der Waals surface area contributed by atoms with Gasteiger partial charge in [0, 0.05) is 30.4 Å². The van der Waals surface area contributed by atoms with E-state index in [0.29, 0.717) is 28.7 Å². The number of carbonyl (C=O) groups is 2. The smallest absolute Gasteiger partial charge is 0.290 e. The van der Waals surface area contributed by atoms with Crippen LogP contribution in [-0.2, 0) is 13.7 Å². The standard InChI is InChI=1S/C24H24N6O4/c1-15(2)30-24(33)19-7-5-4-6-18(19)21(28-30)23(32)27-26-22(31)16-8-10-17(11-9-16)34-14-20-25-12-13-29(20)3/h4-13,15H,14H2,1-3H3,(H,26,31)(H,27,32). The molecule has 0 radical (unpaired) electrons. The molecule has 0 fully saturated rings. The number of nitrogens with one attached hydrogen (secondary N) is 2. The second-order valence-corrected chi connectivity index (χ2v) is 7.91. The summed E-state index contributed by atoms with van der Waals surface area (Å²) in [4.78, 5) is 42.2. The van der Waals surface area contributed by atoms with Gasteiger partial charge >= 0.3 is 0 Å². The highest BCUT2D eigenvalue weighted by atomic mass is 16.5. The van der Waals surface area contributed by atoms with E-state index in [0.717, 1.165) is 5.82 Å². The maximum Gasteiger partial charge on any atom is 0.290 e. The molecule has 0 aliphatic rings. The van der Waals surface area contributed by atoms with Crippen LogP contribution >= 0.6 is 0 Å². The van der Waals surface area contributed by atoms with E-state index in [1.54, 1.807) is 68.6 Å². The van der Waals surface area contributed by atoms with E-state index in [-0.39, 0.29) is 17.3 Å². The highest BCUT2D eigenvalue weighted by molar-refractivity contribution is 6.06. The molecule has 2 heterocycles. The molecule has 0 aliphatic heterocycles. The number of hydrogen-bond acceptors (Lipinski definition) is 6. The number of rotatable bonds is 6. The Hall–Kier alpha value is -4.47. The Kier molecular flexibility index (Phi) is 6.39. The van der Waals surface area contributed by atoms with Crippen LogP contribution in [0, 0.1) is 0 Å². The van der Waals surface area contributed by atoms with Crippen molar-refractivity contribution in [2.24, 2.45) is 7.05 Å². The maximum atomic E-state index is 12.8. The molecule has 2 N–H and O–H groups in total. The number of imidazole rings is 1. The van der Waals surface area contributed by atoms with Crippen LogP contribution in [0.5, 0.6) is 5.75 Å². The van der Waals surface area contributed by atoms with Crippen LogP contribution < -0.4 is 21.1 Å². The molecule has 0 saturated carbocycles. The highest BCUT2D eigenvalue weighted by Crippen LogP contribution is 2.15. The van der Waals surface area contributed by atoms with Gasteiger partial charge in [-0.15, -0.1) is 0 Å². The fourth-order valence-electron chi connectivity index (χ4n) is 3.36. The zero-order chi connectivity index (χ0) is 24.2. The number of carbonyl (C=O) groups excluding carboxylic acids is 2. The van der Waals surface area contributed by atoms with Crippen molar-refractivity contribution in [2.75, 3.05) is 0 Å². The molecule has 10 nitrogen and oxygen atoms in total. The second-order valence-electron chi connectivity index (χ2n) is 7.91. The monoisotopic (exact) mass is 460 g/mol. The van der Waals surface area contributed by atoms with E-state index in [1.165, 1.54) is 4.68 Å². The van der Waals surface area contributed by atoms with E-state index < -0.39 is 11.8 Å². The topological polar surface area (TPSA) is 120 Å². The number of nitrogens with zero attached hydrogens (tertiary/aromatic N) is 4. The van der Waals surface area contributed by atoms with Crippen molar-refractivity contribution in [1.82, 2.24) is 30.2 Å². The van der Waals surface area contributed by atoms with Crippen molar-refractivity contribution in [3.8, 4) is 5.75 Å². The SMILES string of the molecule is CC(C)n1nc(C(=O)NNC(=O)c2ccc(OCc3nccn3C)cc2)c2ccccc2c1=O. The fourth-order valence-corrected chi connectivity index (χ4v) is 3.36. The minimum atomic E-state index is -0.631. The third-order valence-corrected chi connectivity index (χ3v) is 5.23. The Bertz CT molecular complexity index is 1410. The molecule has 4 aromatic rings. The number of fused-ring (bicyclic) bond motifs is 1. The molecule has 2 amide bonds. The summed E-state index contributed by atoms with van der Waals surface area (Å²) in [5.41, 5.74) is 4.86. The van der Waals surface area contributed by atoms with Crippen molar-refractivity contribution in [3.63, 3.8) is 0 Å². The average molecular weight is 460 g/mol. The first kappa shape index (κ1) is 22.7. The lowest BCUT2D eigenvalue weighted by Crippen LogP contribution is -2.42. The first-order valence-corrected chi connectivity index (χ1v) is 10.7. The lowest BCUT2D eigenvalue weighted by molar-refractivity contribution is 0.0843. The minimum absolute atomic E-state index is 0.0437. The van der Waals surface area contributed by atoms with Crippen LogP contribution in [0.1, 0.15) is 46.6 Å². The summed E-state index contributed by atoms with van der Waals surface area (Å²) in [6, 6.07) is 13.0. The fraction of sp³-hybridized carbons (Fsp3) is 0.208. The van der Waals surface area contributed by atoms with Gasteiger partial charge in [-0.2, -0.15) is 5.10 Å². The van der Waals surface area contributed by atoms with Crippen molar-refractivity contribution in [3.05, 3.63) is 88.4 Å². The molecule has 10 heteroatoms. The lowest BCUT2D eigenvalue weighted by atomic mass is 10.1. The van der Waals surface area contributed by atoms with E-state index in [9.17, 15) is 14.4 Å². The maximum absolute atomic E-state index is 12.8. The molecule has 0 bridgehead atoms. The Balaban J connectivity index is 1.43. The number of hydrazine groups is 1. The van der Waals surface area contributed by atoms with Crippen molar-refractivity contribution in [2.45, 2.75) is 26.5 Å². The van der Waals surface area contributed by atoms with Gasteiger partial charge in [-0.05, 0) is 44.2 Å². The Morgan fingerprint density at radius 2 is 1.68 bits per heavy atom. The van der Waals surface area contributed by atoms with Crippen LogP contribution in [0.25, 0.3) is 10.8 Å². The summed E-state index contributed by atoms with van der Waals surface area (Å²) in [6.07, 6.45) is 3.52. The van der Waals surface area contributed by atoms with Gasteiger partial charge in [-0.1, -0.05) is 18.2 Å². The number of aryl methyl sites for hydroxylation is 1. The number of aromatic nitrogens is 4.